The largest absolute Gasteiger partial charge is 0.453 e. The highest BCUT2D eigenvalue weighted by atomic mass is 32.2. The van der Waals surface area contributed by atoms with E-state index in [4.69, 9.17) is 4.74 Å². The highest BCUT2D eigenvalue weighted by molar-refractivity contribution is 7.91. The van der Waals surface area contributed by atoms with Gasteiger partial charge in [-0.25, -0.2) is 8.42 Å². The van der Waals surface area contributed by atoms with Crippen LogP contribution >= 0.6 is 0 Å². The van der Waals surface area contributed by atoms with E-state index in [0.29, 0.717) is 0 Å². The summed E-state index contributed by atoms with van der Waals surface area (Å²) in [6.07, 6.45) is -0.594. The summed E-state index contributed by atoms with van der Waals surface area (Å²) in [5.41, 5.74) is 0. The summed E-state index contributed by atoms with van der Waals surface area (Å²) in [6.45, 7) is 3.21. The fourth-order valence-corrected chi connectivity index (χ4v) is 1.82. The van der Waals surface area contributed by atoms with Crippen molar-refractivity contribution in [3.63, 3.8) is 0 Å². The van der Waals surface area contributed by atoms with Gasteiger partial charge in [-0.2, -0.15) is 0 Å². The Bertz CT molecular complexity index is 295. The number of rotatable bonds is 0. The lowest BCUT2D eigenvalue weighted by Crippen LogP contribution is -2.37. The fraction of sp³-hybridized carbons (Fsp3) is 0.833. The molecular weight excluding hydrogens is 182 g/mol. The highest BCUT2D eigenvalue weighted by Gasteiger charge is 2.34. The minimum atomic E-state index is -3.43. The molecule has 1 aliphatic heterocycles. The van der Waals surface area contributed by atoms with Crippen LogP contribution in [-0.2, 0) is 19.5 Å². The Labute approximate surface area is 71.4 Å². The molecule has 0 bridgehead atoms. The molecule has 1 heterocycles. The molecule has 0 aromatic heterocycles. The van der Waals surface area contributed by atoms with Crippen molar-refractivity contribution in [1.82, 2.24) is 0 Å². The summed E-state index contributed by atoms with van der Waals surface area (Å²) in [5, 5.41) is -0.614. The molecule has 0 aliphatic carbocycles. The maximum Gasteiger partial charge on any atom is 0.399 e. The lowest BCUT2D eigenvalue weighted by Gasteiger charge is -2.23. The monoisotopic (exact) mass is 193 g/mol. The van der Waals surface area contributed by atoms with Gasteiger partial charge >= 0.3 is 6.08 Å². The molecule has 70 valence electrons. The molecule has 0 unspecified atom stereocenters. The van der Waals surface area contributed by atoms with Gasteiger partial charge in [0, 0.05) is 0 Å². The number of hydrogen-bond donors (Lipinski definition) is 0. The zero-order chi connectivity index (χ0) is 9.35. The number of hydrogen-bond acceptors (Lipinski definition) is 4. The van der Waals surface area contributed by atoms with Crippen molar-refractivity contribution < 1.29 is 17.9 Å². The average Bonchev–Trinajstić information content (AvgIpc) is 1.99. The van der Waals surface area contributed by atoms with E-state index in [0.717, 1.165) is 0 Å². The van der Waals surface area contributed by atoms with Gasteiger partial charge < -0.3 is 9.47 Å². The van der Waals surface area contributed by atoms with Crippen LogP contribution in [0.1, 0.15) is 13.8 Å². The van der Waals surface area contributed by atoms with Crippen LogP contribution in [0.3, 0.4) is 0 Å². The van der Waals surface area contributed by atoms with Gasteiger partial charge in [-0.15, -0.1) is 0 Å². The van der Waals surface area contributed by atoms with Crippen molar-refractivity contribution >= 4 is 16.1 Å². The Morgan fingerprint density at radius 1 is 1.50 bits per heavy atom. The molecule has 0 N–H and O–H groups in total. The fourth-order valence-electron chi connectivity index (χ4n) is 0.791. The summed E-state index contributed by atoms with van der Waals surface area (Å²) < 4.78 is 35.4. The van der Waals surface area contributed by atoms with Crippen molar-refractivity contribution in [2.75, 3.05) is 7.11 Å². The molecule has 0 saturated heterocycles. The molecule has 2 atom stereocenters. The molecule has 0 aromatic rings. The van der Waals surface area contributed by atoms with Crippen LogP contribution < -0.4 is 0 Å². The summed E-state index contributed by atoms with van der Waals surface area (Å²) in [4.78, 5) is 0. The lowest BCUT2D eigenvalue weighted by atomic mass is 10.3. The smallest absolute Gasteiger partial charge is 0.399 e. The molecule has 6 heteroatoms. The number of nitrogens with zero attached hydrogens (tertiary/aromatic N) is 1. The SMILES string of the molecule is COC1=NS(=O)(=O)[C@H](C)[C@H](C)O1. The lowest BCUT2D eigenvalue weighted by molar-refractivity contribution is 0.132. The second-order valence-corrected chi connectivity index (χ2v) is 4.56. The van der Waals surface area contributed by atoms with E-state index in [1.54, 1.807) is 13.8 Å². The third kappa shape index (κ3) is 1.52. The third-order valence-corrected chi connectivity index (χ3v) is 3.52. The van der Waals surface area contributed by atoms with E-state index in [-0.39, 0.29) is 6.08 Å². The molecule has 0 saturated carbocycles. The normalized spacial score (nSPS) is 33.4. The maximum absolute atomic E-state index is 11.2. The molecule has 12 heavy (non-hydrogen) atoms. The summed E-state index contributed by atoms with van der Waals surface area (Å²) in [7, 11) is -2.12. The van der Waals surface area contributed by atoms with Crippen LogP contribution in [0, 0.1) is 0 Å². The Hall–Kier alpha value is -0.780. The van der Waals surface area contributed by atoms with Crippen molar-refractivity contribution in [2.24, 2.45) is 4.40 Å². The van der Waals surface area contributed by atoms with Gasteiger partial charge in [0.25, 0.3) is 10.0 Å². The Morgan fingerprint density at radius 2 is 2.08 bits per heavy atom. The maximum atomic E-state index is 11.2. The number of methoxy groups -OCH3 is 1. The molecule has 0 aromatic carbocycles. The Morgan fingerprint density at radius 3 is 2.50 bits per heavy atom. The van der Waals surface area contributed by atoms with E-state index >= 15 is 0 Å². The quantitative estimate of drug-likeness (QED) is 0.548. The van der Waals surface area contributed by atoms with E-state index in [2.05, 4.69) is 9.13 Å². The molecular formula is C6H11NO4S. The molecule has 1 rings (SSSR count). The third-order valence-electron chi connectivity index (χ3n) is 1.79. The molecule has 1 aliphatic rings. The first-order valence-corrected chi connectivity index (χ1v) is 5.02. The van der Waals surface area contributed by atoms with Gasteiger partial charge in [0.15, 0.2) is 0 Å². The second-order valence-electron chi connectivity index (χ2n) is 2.60. The Balaban J connectivity index is 3.04. The van der Waals surface area contributed by atoms with E-state index < -0.39 is 21.4 Å². The van der Waals surface area contributed by atoms with Gasteiger partial charge in [-0.1, -0.05) is 4.40 Å². The zero-order valence-corrected chi connectivity index (χ0v) is 7.96. The van der Waals surface area contributed by atoms with Crippen LogP contribution in [0.25, 0.3) is 0 Å². The van der Waals surface area contributed by atoms with Crippen LogP contribution in [-0.4, -0.2) is 33.0 Å². The zero-order valence-electron chi connectivity index (χ0n) is 7.14. The van der Waals surface area contributed by atoms with Crippen LogP contribution in [0.4, 0.5) is 0 Å². The first-order chi connectivity index (χ1) is 5.47. The number of sulfonamides is 1. The van der Waals surface area contributed by atoms with Gasteiger partial charge in [-0.05, 0) is 13.8 Å². The van der Waals surface area contributed by atoms with Gasteiger partial charge in [-0.3, -0.25) is 0 Å². The van der Waals surface area contributed by atoms with Gasteiger partial charge in [0.05, 0.1) is 7.11 Å². The van der Waals surface area contributed by atoms with Crippen LogP contribution in [0.2, 0.25) is 0 Å². The van der Waals surface area contributed by atoms with Crippen molar-refractivity contribution in [1.29, 1.82) is 0 Å². The summed E-state index contributed by atoms with van der Waals surface area (Å²) in [6, 6.07) is 0. The van der Waals surface area contributed by atoms with Gasteiger partial charge in [0.2, 0.25) is 0 Å². The van der Waals surface area contributed by atoms with E-state index in [1.165, 1.54) is 7.11 Å². The van der Waals surface area contributed by atoms with Crippen molar-refractivity contribution in [2.45, 2.75) is 25.2 Å². The van der Waals surface area contributed by atoms with Crippen molar-refractivity contribution in [3.8, 4) is 0 Å². The summed E-state index contributed by atoms with van der Waals surface area (Å²) >= 11 is 0. The number of ether oxygens (including phenoxy) is 2. The predicted molar refractivity (Wildman–Crippen MR) is 43.4 cm³/mol. The minimum Gasteiger partial charge on any atom is -0.453 e. The van der Waals surface area contributed by atoms with Gasteiger partial charge in [0.1, 0.15) is 11.4 Å². The molecule has 0 fully saturated rings. The van der Waals surface area contributed by atoms with Crippen LogP contribution in [0.5, 0.6) is 0 Å². The average molecular weight is 193 g/mol. The van der Waals surface area contributed by atoms with E-state index in [9.17, 15) is 8.42 Å². The first kappa shape index (κ1) is 9.31. The van der Waals surface area contributed by atoms with E-state index in [1.807, 2.05) is 0 Å². The standard InChI is InChI=1S/C6H11NO4S/c1-4-5(2)12(8,9)7-6(10-3)11-4/h4-5H,1-3H3/t4-,5+/m0/s1. The van der Waals surface area contributed by atoms with Crippen LogP contribution in [0.15, 0.2) is 4.40 Å². The highest BCUT2D eigenvalue weighted by Crippen LogP contribution is 2.17. The minimum absolute atomic E-state index is 0.180. The topological polar surface area (TPSA) is 65.0 Å². The molecule has 0 amide bonds. The predicted octanol–water partition coefficient (Wildman–Crippen LogP) is 0.126. The Kier molecular flexibility index (Phi) is 2.27. The molecule has 0 spiro atoms. The van der Waals surface area contributed by atoms with Crippen molar-refractivity contribution in [3.05, 3.63) is 0 Å². The summed E-state index contributed by atoms with van der Waals surface area (Å²) in [5.74, 6) is 0. The molecule has 0 radical (unpaired) electrons. The second kappa shape index (κ2) is 2.93. The molecule has 5 nitrogen and oxygen atoms in total. The first-order valence-electron chi connectivity index (χ1n) is 3.52.